The quantitative estimate of drug-likeness (QED) is 0.748. The van der Waals surface area contributed by atoms with Crippen molar-refractivity contribution in [1.82, 2.24) is 14.7 Å². The van der Waals surface area contributed by atoms with Gasteiger partial charge in [-0.15, -0.1) is 0 Å². The molecule has 1 saturated heterocycles. The molecule has 1 unspecified atom stereocenters. The average molecular weight is 465 g/mol. The van der Waals surface area contributed by atoms with Crippen LogP contribution in [0.5, 0.6) is 5.75 Å². The Labute approximate surface area is 176 Å². The maximum atomic E-state index is 12.9. The van der Waals surface area contributed by atoms with Crippen molar-refractivity contribution in [2.24, 2.45) is 0 Å². The largest absolute Gasteiger partial charge is 0.485 e. The first-order chi connectivity index (χ1) is 13.3. The normalized spacial score (nSPS) is 22.0. The zero-order valence-corrected chi connectivity index (χ0v) is 18.7. The molecule has 0 radical (unpaired) electrons. The number of para-hydroxylation sites is 1. The minimum atomic E-state index is -1.18. The van der Waals surface area contributed by atoms with Crippen LogP contribution in [0.15, 0.2) is 41.1 Å². The second kappa shape index (κ2) is 7.39. The number of benzene rings is 1. The molecule has 0 amide bonds. The highest BCUT2D eigenvalue weighted by molar-refractivity contribution is 9.10. The molecule has 2 aliphatic heterocycles. The summed E-state index contributed by atoms with van der Waals surface area (Å²) in [7, 11) is -1.18. The molecule has 0 bridgehead atoms. The topological polar surface area (TPSA) is 67.3 Å². The first-order valence-electron chi connectivity index (χ1n) is 9.47. The number of hydrogen-bond acceptors (Lipinski definition) is 5. The van der Waals surface area contributed by atoms with Gasteiger partial charge in [-0.05, 0) is 42.8 Å². The summed E-state index contributed by atoms with van der Waals surface area (Å²) in [6.45, 7) is 7.53. The molecule has 3 heterocycles. The average Bonchev–Trinajstić information content (AvgIpc) is 2.95. The van der Waals surface area contributed by atoms with Gasteiger partial charge < -0.3 is 9.64 Å². The van der Waals surface area contributed by atoms with Gasteiger partial charge in [0, 0.05) is 43.9 Å². The molecular formula is C20H25BrN4O2S. The van der Waals surface area contributed by atoms with Crippen molar-refractivity contribution in [2.75, 3.05) is 18.0 Å². The SMILES string of the molecule is CC(C)(C)S(=O)N[C@@H]1c2ccccc2OC12CCN(c1ncc(Br)cn1)CC2. The van der Waals surface area contributed by atoms with Crippen molar-refractivity contribution in [1.29, 1.82) is 0 Å². The van der Waals surface area contributed by atoms with Gasteiger partial charge in [-0.1, -0.05) is 18.2 Å². The molecule has 1 spiro atoms. The van der Waals surface area contributed by atoms with Gasteiger partial charge in [-0.2, -0.15) is 0 Å². The number of anilines is 1. The van der Waals surface area contributed by atoms with Crippen LogP contribution in [-0.2, 0) is 11.0 Å². The Morgan fingerprint density at radius 3 is 2.50 bits per heavy atom. The fourth-order valence-electron chi connectivity index (χ4n) is 3.77. The van der Waals surface area contributed by atoms with Crippen LogP contribution in [0.2, 0.25) is 0 Å². The first kappa shape index (κ1) is 19.8. The Morgan fingerprint density at radius 2 is 1.86 bits per heavy atom. The molecule has 0 saturated carbocycles. The number of aromatic nitrogens is 2. The molecule has 8 heteroatoms. The Bertz CT molecular complexity index is 877. The lowest BCUT2D eigenvalue weighted by molar-refractivity contribution is 0.0382. The van der Waals surface area contributed by atoms with Gasteiger partial charge in [0.1, 0.15) is 11.4 Å². The molecule has 2 aromatic rings. The summed E-state index contributed by atoms with van der Waals surface area (Å²) in [4.78, 5) is 11.0. The van der Waals surface area contributed by atoms with Crippen molar-refractivity contribution in [3.63, 3.8) is 0 Å². The fraction of sp³-hybridized carbons (Fsp3) is 0.500. The number of halogens is 1. The third-order valence-corrected chi connectivity index (χ3v) is 7.32. The fourth-order valence-corrected chi connectivity index (χ4v) is 4.89. The highest BCUT2D eigenvalue weighted by Gasteiger charge is 2.51. The van der Waals surface area contributed by atoms with E-state index in [1.165, 1.54) is 0 Å². The van der Waals surface area contributed by atoms with Gasteiger partial charge in [0.2, 0.25) is 5.95 Å². The van der Waals surface area contributed by atoms with Crippen LogP contribution < -0.4 is 14.4 Å². The lowest BCUT2D eigenvalue weighted by atomic mass is 9.83. The summed E-state index contributed by atoms with van der Waals surface area (Å²) >= 11 is 3.38. The van der Waals surface area contributed by atoms with Gasteiger partial charge in [0.05, 0.1) is 26.2 Å². The number of hydrogen-bond donors (Lipinski definition) is 1. The minimum absolute atomic E-state index is 0.100. The van der Waals surface area contributed by atoms with E-state index in [0.717, 1.165) is 47.7 Å². The van der Waals surface area contributed by atoms with E-state index in [-0.39, 0.29) is 10.8 Å². The number of nitrogens with zero attached hydrogens (tertiary/aromatic N) is 3. The maximum Gasteiger partial charge on any atom is 0.225 e. The van der Waals surface area contributed by atoms with E-state index in [1.54, 1.807) is 12.4 Å². The summed E-state index contributed by atoms with van der Waals surface area (Å²) in [6.07, 6.45) is 5.15. The molecule has 1 fully saturated rings. The molecule has 150 valence electrons. The molecule has 2 atom stereocenters. The van der Waals surface area contributed by atoms with E-state index in [4.69, 9.17) is 4.74 Å². The van der Waals surface area contributed by atoms with Crippen molar-refractivity contribution in [3.8, 4) is 5.75 Å². The highest BCUT2D eigenvalue weighted by Crippen LogP contribution is 2.48. The molecule has 1 N–H and O–H groups in total. The second-order valence-corrected chi connectivity index (χ2v) is 11.2. The molecular weight excluding hydrogens is 440 g/mol. The van der Waals surface area contributed by atoms with Crippen molar-refractivity contribution < 1.29 is 8.95 Å². The first-order valence-corrected chi connectivity index (χ1v) is 11.4. The van der Waals surface area contributed by atoms with Crippen LogP contribution >= 0.6 is 15.9 Å². The second-order valence-electron chi connectivity index (χ2n) is 8.32. The highest BCUT2D eigenvalue weighted by atomic mass is 79.9. The molecule has 4 rings (SSSR count). The molecule has 2 aliphatic rings. The lowest BCUT2D eigenvalue weighted by Gasteiger charge is -2.42. The zero-order chi connectivity index (χ0) is 19.9. The number of fused-ring (bicyclic) bond motifs is 1. The Kier molecular flexibility index (Phi) is 5.22. The van der Waals surface area contributed by atoms with Crippen LogP contribution in [0.4, 0.5) is 5.95 Å². The molecule has 28 heavy (non-hydrogen) atoms. The van der Waals surface area contributed by atoms with Gasteiger partial charge in [0.25, 0.3) is 0 Å². The van der Waals surface area contributed by atoms with E-state index in [9.17, 15) is 4.21 Å². The van der Waals surface area contributed by atoms with E-state index in [2.05, 4.69) is 41.6 Å². The molecule has 0 aliphatic carbocycles. The van der Waals surface area contributed by atoms with Crippen molar-refractivity contribution in [3.05, 3.63) is 46.7 Å². The molecule has 1 aromatic carbocycles. The summed E-state index contributed by atoms with van der Waals surface area (Å²) in [5.41, 5.74) is 0.685. The third-order valence-electron chi connectivity index (χ3n) is 5.35. The lowest BCUT2D eigenvalue weighted by Crippen LogP contribution is -2.54. The maximum absolute atomic E-state index is 12.9. The summed E-state index contributed by atoms with van der Waals surface area (Å²) in [6, 6.07) is 7.98. The number of nitrogens with one attached hydrogen (secondary N) is 1. The zero-order valence-electron chi connectivity index (χ0n) is 16.3. The van der Waals surface area contributed by atoms with Gasteiger partial charge in [0.15, 0.2) is 0 Å². The van der Waals surface area contributed by atoms with Gasteiger partial charge in [-0.25, -0.2) is 18.9 Å². The monoisotopic (exact) mass is 464 g/mol. The number of ether oxygens (including phenoxy) is 1. The third kappa shape index (κ3) is 3.69. The standard InChI is InChI=1S/C20H25BrN4O2S/c1-19(2,3)28(26)24-17-15-6-4-5-7-16(15)27-20(17)8-10-25(11-9-20)18-22-12-14(21)13-23-18/h4-7,12-13,17,24H,8-11H2,1-3H3/t17-,28?/m1/s1. The van der Waals surface area contributed by atoms with Crippen LogP contribution in [0.25, 0.3) is 0 Å². The van der Waals surface area contributed by atoms with Gasteiger partial charge >= 0.3 is 0 Å². The minimum Gasteiger partial charge on any atom is -0.485 e. The molecule has 1 aromatic heterocycles. The number of rotatable bonds is 3. The summed E-state index contributed by atoms with van der Waals surface area (Å²) in [5, 5.41) is 0. The van der Waals surface area contributed by atoms with Crippen LogP contribution in [-0.4, -0.2) is 37.6 Å². The van der Waals surface area contributed by atoms with E-state index < -0.39 is 16.6 Å². The van der Waals surface area contributed by atoms with E-state index in [0.29, 0.717) is 0 Å². The summed E-state index contributed by atoms with van der Waals surface area (Å²) < 4.78 is 23.3. The number of piperidine rings is 1. The smallest absolute Gasteiger partial charge is 0.225 e. The van der Waals surface area contributed by atoms with Crippen LogP contribution in [0.3, 0.4) is 0 Å². The summed E-state index contributed by atoms with van der Waals surface area (Å²) in [5.74, 6) is 1.62. The Morgan fingerprint density at radius 1 is 1.21 bits per heavy atom. The van der Waals surface area contributed by atoms with Crippen LogP contribution in [0.1, 0.15) is 45.2 Å². The van der Waals surface area contributed by atoms with E-state index in [1.807, 2.05) is 39.0 Å². The molecule has 6 nitrogen and oxygen atoms in total. The predicted molar refractivity (Wildman–Crippen MR) is 115 cm³/mol. The van der Waals surface area contributed by atoms with Crippen LogP contribution in [0, 0.1) is 0 Å². The Hall–Kier alpha value is -1.51. The van der Waals surface area contributed by atoms with Gasteiger partial charge in [-0.3, -0.25) is 0 Å². The van der Waals surface area contributed by atoms with E-state index >= 15 is 0 Å². The Balaban J connectivity index is 1.57. The van der Waals surface area contributed by atoms with Crippen molar-refractivity contribution >= 4 is 32.9 Å². The van der Waals surface area contributed by atoms with Crippen molar-refractivity contribution in [2.45, 2.75) is 50.0 Å². The predicted octanol–water partition coefficient (Wildman–Crippen LogP) is 3.76.